The summed E-state index contributed by atoms with van der Waals surface area (Å²) in [5.74, 6) is -3.28. The third-order valence-electron chi connectivity index (χ3n) is 5.43. The molecule has 0 saturated carbocycles. The molecule has 188 valence electrons. The molecular weight excluding hydrogens is 430 g/mol. The molecule has 0 aromatic heterocycles. The molecule has 4 unspecified atom stereocenters. The zero-order valence-corrected chi connectivity index (χ0v) is 19.9. The van der Waals surface area contributed by atoms with Gasteiger partial charge < -0.3 is 37.8 Å². The van der Waals surface area contributed by atoms with E-state index in [1.807, 2.05) is 0 Å². The van der Waals surface area contributed by atoms with Crippen molar-refractivity contribution >= 4 is 29.7 Å². The fourth-order valence-electron chi connectivity index (χ4n) is 3.50. The first-order valence-electron chi connectivity index (χ1n) is 11.4. The van der Waals surface area contributed by atoms with Crippen LogP contribution in [-0.4, -0.2) is 72.0 Å². The molecule has 1 aliphatic rings. The van der Waals surface area contributed by atoms with Gasteiger partial charge in [0.25, 0.3) is 0 Å². The van der Waals surface area contributed by atoms with Crippen LogP contribution in [0.15, 0.2) is 4.99 Å². The molecule has 0 aromatic carbocycles. The van der Waals surface area contributed by atoms with E-state index in [0.717, 1.165) is 13.0 Å². The Bertz CT molecular complexity index is 716. The van der Waals surface area contributed by atoms with Crippen molar-refractivity contribution in [2.45, 2.75) is 77.5 Å². The quantitative estimate of drug-likeness (QED) is 0.0973. The fourth-order valence-corrected chi connectivity index (χ4v) is 3.50. The lowest BCUT2D eigenvalue weighted by atomic mass is 9.99. The zero-order chi connectivity index (χ0) is 25.1. The Balaban J connectivity index is 2.91. The summed E-state index contributed by atoms with van der Waals surface area (Å²) < 4.78 is 0. The van der Waals surface area contributed by atoms with Crippen LogP contribution in [0.5, 0.6) is 0 Å². The minimum atomic E-state index is -1.15. The van der Waals surface area contributed by atoms with Gasteiger partial charge in [-0.05, 0) is 44.1 Å². The first kappa shape index (κ1) is 28.1. The Kier molecular flexibility index (Phi) is 11.6. The normalized spacial score (nSPS) is 18.3. The van der Waals surface area contributed by atoms with Crippen LogP contribution in [-0.2, 0) is 19.2 Å². The van der Waals surface area contributed by atoms with Crippen molar-refractivity contribution in [3.63, 3.8) is 0 Å². The number of rotatable bonds is 13. The summed E-state index contributed by atoms with van der Waals surface area (Å²) in [6.45, 7) is 7.86. The number of aliphatic carboxylic acids is 1. The lowest BCUT2D eigenvalue weighted by Crippen LogP contribution is -2.58. The summed E-state index contributed by atoms with van der Waals surface area (Å²) in [5.41, 5.74) is 10.7. The molecule has 0 radical (unpaired) electrons. The van der Waals surface area contributed by atoms with Gasteiger partial charge in [0.05, 0.1) is 6.04 Å². The molecule has 0 bridgehead atoms. The van der Waals surface area contributed by atoms with Crippen LogP contribution >= 0.6 is 0 Å². The predicted molar refractivity (Wildman–Crippen MR) is 124 cm³/mol. The van der Waals surface area contributed by atoms with Gasteiger partial charge in [-0.3, -0.25) is 19.4 Å². The zero-order valence-electron chi connectivity index (χ0n) is 19.9. The van der Waals surface area contributed by atoms with Crippen molar-refractivity contribution in [3.05, 3.63) is 0 Å². The third kappa shape index (κ3) is 9.64. The Morgan fingerprint density at radius 3 is 2.09 bits per heavy atom. The summed E-state index contributed by atoms with van der Waals surface area (Å²) in [6.07, 6.45) is 2.24. The molecule has 1 aliphatic heterocycles. The van der Waals surface area contributed by atoms with Crippen LogP contribution in [0, 0.1) is 11.8 Å². The Hall–Kier alpha value is -2.89. The van der Waals surface area contributed by atoms with Gasteiger partial charge in [0.1, 0.15) is 18.1 Å². The van der Waals surface area contributed by atoms with E-state index in [0.29, 0.717) is 12.8 Å². The molecule has 1 rings (SSSR count). The molecule has 0 aliphatic carbocycles. The number of carbonyl (C=O) groups is 4. The molecule has 0 aromatic rings. The SMILES string of the molecule is CC(C)C(NC(=O)C(NC(=O)C(CCCN=C(N)N)NC(=O)C1CCCN1)C(C)C)C(=O)O. The lowest BCUT2D eigenvalue weighted by molar-refractivity contribution is -0.143. The first-order chi connectivity index (χ1) is 15.4. The summed E-state index contributed by atoms with van der Waals surface area (Å²) in [7, 11) is 0. The average Bonchev–Trinajstić information content (AvgIpc) is 3.26. The molecule has 1 saturated heterocycles. The van der Waals surface area contributed by atoms with E-state index in [9.17, 15) is 24.3 Å². The second kappa shape index (κ2) is 13.6. The van der Waals surface area contributed by atoms with Gasteiger partial charge in [0, 0.05) is 6.54 Å². The van der Waals surface area contributed by atoms with E-state index >= 15 is 0 Å². The topological polar surface area (TPSA) is 201 Å². The number of hydrogen-bond acceptors (Lipinski definition) is 6. The van der Waals surface area contributed by atoms with Crippen LogP contribution < -0.4 is 32.7 Å². The molecule has 12 nitrogen and oxygen atoms in total. The number of carbonyl (C=O) groups excluding carboxylic acids is 3. The van der Waals surface area contributed by atoms with E-state index in [4.69, 9.17) is 11.5 Å². The lowest BCUT2D eigenvalue weighted by Gasteiger charge is -2.28. The Morgan fingerprint density at radius 2 is 1.61 bits per heavy atom. The molecule has 1 heterocycles. The van der Waals surface area contributed by atoms with Crippen LogP contribution in [0.25, 0.3) is 0 Å². The average molecular weight is 470 g/mol. The van der Waals surface area contributed by atoms with E-state index < -0.39 is 35.9 Å². The summed E-state index contributed by atoms with van der Waals surface area (Å²) in [6, 6.07) is -3.33. The number of nitrogens with two attached hydrogens (primary N) is 2. The van der Waals surface area contributed by atoms with Gasteiger partial charge in [-0.25, -0.2) is 4.79 Å². The van der Waals surface area contributed by atoms with Gasteiger partial charge in [-0.2, -0.15) is 0 Å². The predicted octanol–water partition coefficient (Wildman–Crippen LogP) is -1.36. The second-order valence-corrected chi connectivity index (χ2v) is 8.96. The van der Waals surface area contributed by atoms with Crippen LogP contribution in [0.4, 0.5) is 0 Å². The molecule has 33 heavy (non-hydrogen) atoms. The molecule has 4 atom stereocenters. The Labute approximate surface area is 194 Å². The van der Waals surface area contributed by atoms with Gasteiger partial charge in [-0.15, -0.1) is 0 Å². The number of guanidine groups is 1. The van der Waals surface area contributed by atoms with E-state index in [2.05, 4.69) is 26.3 Å². The minimum Gasteiger partial charge on any atom is -0.480 e. The molecule has 9 N–H and O–H groups in total. The standard InChI is InChI=1S/C21H39N7O5/c1-11(2)15(19(31)28-16(12(3)4)20(32)33)27-18(30)14(8-6-10-25-21(22)23)26-17(29)13-7-5-9-24-13/h11-16,24H,5-10H2,1-4H3,(H,26,29)(H,27,30)(H,28,31)(H,32,33)(H4,22,23,25). The van der Waals surface area contributed by atoms with Crippen molar-refractivity contribution < 1.29 is 24.3 Å². The largest absolute Gasteiger partial charge is 0.480 e. The number of nitrogens with zero attached hydrogens (tertiary/aromatic N) is 1. The molecule has 1 fully saturated rings. The van der Waals surface area contributed by atoms with E-state index in [1.54, 1.807) is 27.7 Å². The maximum Gasteiger partial charge on any atom is 0.326 e. The number of amides is 3. The maximum absolute atomic E-state index is 13.1. The molecule has 0 spiro atoms. The van der Waals surface area contributed by atoms with Gasteiger partial charge in [0.2, 0.25) is 17.7 Å². The molecule has 3 amide bonds. The summed E-state index contributed by atoms with van der Waals surface area (Å²) >= 11 is 0. The van der Waals surface area contributed by atoms with E-state index in [1.165, 1.54) is 0 Å². The molecule has 12 heteroatoms. The number of hydrogen-bond donors (Lipinski definition) is 7. The number of aliphatic imine (C=N–C) groups is 1. The van der Waals surface area contributed by atoms with Crippen LogP contribution in [0.2, 0.25) is 0 Å². The van der Waals surface area contributed by atoms with Crippen LogP contribution in [0.1, 0.15) is 53.4 Å². The van der Waals surface area contributed by atoms with Crippen molar-refractivity contribution in [3.8, 4) is 0 Å². The minimum absolute atomic E-state index is 0.0649. The van der Waals surface area contributed by atoms with Crippen molar-refractivity contribution in [1.29, 1.82) is 0 Å². The van der Waals surface area contributed by atoms with Gasteiger partial charge in [-0.1, -0.05) is 27.7 Å². The second-order valence-electron chi connectivity index (χ2n) is 8.96. The highest BCUT2D eigenvalue weighted by molar-refractivity contribution is 5.94. The van der Waals surface area contributed by atoms with Crippen molar-refractivity contribution in [1.82, 2.24) is 21.3 Å². The van der Waals surface area contributed by atoms with Gasteiger partial charge >= 0.3 is 5.97 Å². The summed E-state index contributed by atoms with van der Waals surface area (Å²) in [5, 5.41) is 20.4. The van der Waals surface area contributed by atoms with Crippen LogP contribution in [0.3, 0.4) is 0 Å². The fraction of sp³-hybridized carbons (Fsp3) is 0.762. The number of carboxylic acid groups (broad SMARTS) is 1. The maximum atomic E-state index is 13.1. The smallest absolute Gasteiger partial charge is 0.326 e. The van der Waals surface area contributed by atoms with Crippen molar-refractivity contribution in [2.24, 2.45) is 28.3 Å². The van der Waals surface area contributed by atoms with E-state index in [-0.39, 0.29) is 42.7 Å². The Morgan fingerprint density at radius 1 is 1.00 bits per heavy atom. The monoisotopic (exact) mass is 469 g/mol. The first-order valence-corrected chi connectivity index (χ1v) is 11.4. The summed E-state index contributed by atoms with van der Waals surface area (Å²) in [4.78, 5) is 53.8. The highest BCUT2D eigenvalue weighted by atomic mass is 16.4. The number of nitrogens with one attached hydrogen (secondary N) is 4. The highest BCUT2D eigenvalue weighted by Crippen LogP contribution is 2.10. The third-order valence-corrected chi connectivity index (χ3v) is 5.43. The molecular formula is C21H39N7O5. The van der Waals surface area contributed by atoms with Crippen molar-refractivity contribution in [2.75, 3.05) is 13.1 Å². The number of carboxylic acids is 1. The highest BCUT2D eigenvalue weighted by Gasteiger charge is 2.33. The van der Waals surface area contributed by atoms with Gasteiger partial charge in [0.15, 0.2) is 5.96 Å².